The fourth-order valence-corrected chi connectivity index (χ4v) is 14.6. The second-order valence-corrected chi connectivity index (χ2v) is 23.3. The van der Waals surface area contributed by atoms with E-state index in [2.05, 4.69) is 30.7 Å². The Balaban J connectivity index is 2.17. The van der Waals surface area contributed by atoms with Crippen LogP contribution < -0.4 is 0 Å². The van der Waals surface area contributed by atoms with Gasteiger partial charge in [-0.2, -0.15) is 0 Å². The number of hydrogen-bond acceptors (Lipinski definition) is 0. The molecular formula is C16H29BSn. The first-order valence-corrected chi connectivity index (χ1v) is 16.6. The minimum absolute atomic E-state index is 0.672. The summed E-state index contributed by atoms with van der Waals surface area (Å²) >= 11 is -2.03. The van der Waals surface area contributed by atoms with E-state index in [9.17, 15) is 0 Å². The topological polar surface area (TPSA) is 0 Å². The molecule has 0 aromatic carbocycles. The first kappa shape index (κ1) is 13.6. The van der Waals surface area contributed by atoms with Gasteiger partial charge >= 0.3 is 118 Å². The Bertz CT molecular complexity index is 384. The summed E-state index contributed by atoms with van der Waals surface area (Å²) in [6.45, 7) is 8.82. The van der Waals surface area contributed by atoms with Gasteiger partial charge in [0.25, 0.3) is 0 Å². The van der Waals surface area contributed by atoms with Gasteiger partial charge in [0.05, 0.1) is 0 Å². The van der Waals surface area contributed by atoms with Gasteiger partial charge in [0, 0.05) is 0 Å². The summed E-state index contributed by atoms with van der Waals surface area (Å²) in [5, 5.41) is 0. The van der Waals surface area contributed by atoms with Crippen molar-refractivity contribution >= 4 is 25.1 Å². The third-order valence-corrected chi connectivity index (χ3v) is 23.5. The standard InChI is InChI=1S/C14H23B.2CH3.Sn/c1-4-14-12-7-5-9-13(10-6-8-12)15(14)11(2)3;;;/h12-13H,5-10H2,1-3H3;2*1H3;. The van der Waals surface area contributed by atoms with E-state index < -0.39 is 18.4 Å². The summed E-state index contributed by atoms with van der Waals surface area (Å²) in [6.07, 6.45) is 9.10. The molecule has 0 amide bonds. The van der Waals surface area contributed by atoms with E-state index in [-0.39, 0.29) is 0 Å². The van der Waals surface area contributed by atoms with Crippen molar-refractivity contribution in [3.8, 4) is 0 Å². The molecular weight excluding hydrogens is 322 g/mol. The van der Waals surface area contributed by atoms with Crippen LogP contribution in [0.2, 0.25) is 19.0 Å². The monoisotopic (exact) mass is 352 g/mol. The molecule has 0 N–H and O–H groups in total. The minimum atomic E-state index is -2.03. The van der Waals surface area contributed by atoms with Crippen LogP contribution >= 0.6 is 0 Å². The molecule has 0 aliphatic carbocycles. The third-order valence-electron chi connectivity index (χ3n) is 7.26. The van der Waals surface area contributed by atoms with E-state index >= 15 is 0 Å². The summed E-state index contributed by atoms with van der Waals surface area (Å²) in [5.41, 5.74) is 2.01. The van der Waals surface area contributed by atoms with Crippen LogP contribution in [0.15, 0.2) is 9.06 Å². The summed E-state index contributed by atoms with van der Waals surface area (Å²) < 4.78 is 2.64. The second-order valence-electron chi connectivity index (χ2n) is 8.22. The molecule has 0 unspecified atom stereocenters. The predicted molar refractivity (Wildman–Crippen MR) is 84.9 cm³/mol. The van der Waals surface area contributed by atoms with Crippen LogP contribution in [0.25, 0.3) is 0 Å². The van der Waals surface area contributed by atoms with Gasteiger partial charge in [0.2, 0.25) is 0 Å². The Morgan fingerprint density at radius 3 is 2.17 bits per heavy atom. The predicted octanol–water partition coefficient (Wildman–Crippen LogP) is 5.27. The van der Waals surface area contributed by atoms with Gasteiger partial charge in [0.1, 0.15) is 0 Å². The van der Waals surface area contributed by atoms with Crippen LogP contribution in [0.5, 0.6) is 0 Å². The van der Waals surface area contributed by atoms with Crippen molar-refractivity contribution in [1.29, 1.82) is 0 Å². The molecule has 2 saturated heterocycles. The molecule has 3 aliphatic rings. The van der Waals surface area contributed by atoms with Gasteiger partial charge in [-0.1, -0.05) is 0 Å². The average molecular weight is 351 g/mol. The molecule has 3 rings (SSSR count). The Labute approximate surface area is 118 Å². The van der Waals surface area contributed by atoms with Crippen molar-refractivity contribution < 1.29 is 0 Å². The molecule has 0 radical (unpaired) electrons. The van der Waals surface area contributed by atoms with E-state index in [1.54, 1.807) is 0 Å². The van der Waals surface area contributed by atoms with Gasteiger partial charge in [-0.05, 0) is 0 Å². The molecule has 0 aromatic rings. The molecule has 0 spiro atoms. The Hall–Kier alpha value is 0.604. The second kappa shape index (κ2) is 4.30. The molecule has 0 nitrogen and oxygen atoms in total. The van der Waals surface area contributed by atoms with Crippen LogP contribution in [0.4, 0.5) is 0 Å². The summed E-state index contributed by atoms with van der Waals surface area (Å²) in [5.74, 6) is 2.02. The zero-order valence-electron chi connectivity index (χ0n) is 13.0. The van der Waals surface area contributed by atoms with E-state index in [1.165, 1.54) is 38.5 Å². The van der Waals surface area contributed by atoms with Crippen LogP contribution in [-0.4, -0.2) is 25.1 Å². The van der Waals surface area contributed by atoms with Crippen LogP contribution in [0.3, 0.4) is 0 Å². The van der Waals surface area contributed by atoms with Crippen LogP contribution in [0.1, 0.15) is 59.3 Å². The van der Waals surface area contributed by atoms with Gasteiger partial charge in [-0.3, -0.25) is 0 Å². The molecule has 3 aliphatic heterocycles. The maximum absolute atomic E-state index is 2.71. The van der Waals surface area contributed by atoms with E-state index in [4.69, 9.17) is 0 Å². The summed E-state index contributed by atoms with van der Waals surface area (Å²) in [4.78, 5) is 5.42. The average Bonchev–Trinajstić information content (AvgIpc) is 2.49. The van der Waals surface area contributed by atoms with Crippen molar-refractivity contribution in [3.63, 3.8) is 0 Å². The van der Waals surface area contributed by atoms with Gasteiger partial charge < -0.3 is 0 Å². The molecule has 2 fully saturated rings. The zero-order valence-corrected chi connectivity index (χ0v) is 15.8. The van der Waals surface area contributed by atoms with Gasteiger partial charge in [-0.25, -0.2) is 0 Å². The molecule has 18 heavy (non-hydrogen) atoms. The normalized spacial score (nSPS) is 37.5. The molecule has 3 heterocycles. The van der Waals surface area contributed by atoms with Crippen molar-refractivity contribution in [2.45, 2.75) is 78.3 Å². The Kier molecular flexibility index (Phi) is 3.24. The van der Waals surface area contributed by atoms with Crippen molar-refractivity contribution in [2.75, 3.05) is 0 Å². The zero-order chi connectivity index (χ0) is 13.1. The maximum atomic E-state index is 2.71. The third kappa shape index (κ3) is 1.64. The number of hydrogen-bond donors (Lipinski definition) is 0. The summed E-state index contributed by atoms with van der Waals surface area (Å²) in [7, 11) is 0. The molecule has 0 saturated carbocycles. The van der Waals surface area contributed by atoms with E-state index in [1.807, 2.05) is 9.06 Å². The fourth-order valence-electron chi connectivity index (χ4n) is 5.44. The van der Waals surface area contributed by atoms with Gasteiger partial charge in [0.15, 0.2) is 0 Å². The van der Waals surface area contributed by atoms with Crippen LogP contribution in [0, 0.1) is 5.92 Å². The molecule has 100 valence electrons. The number of rotatable bonds is 0. The van der Waals surface area contributed by atoms with E-state index in [0.717, 1.165) is 18.4 Å². The van der Waals surface area contributed by atoms with Crippen LogP contribution in [-0.2, 0) is 0 Å². The van der Waals surface area contributed by atoms with Gasteiger partial charge in [-0.15, -0.1) is 0 Å². The number of allylic oxidation sites excluding steroid dienone is 2. The van der Waals surface area contributed by atoms with E-state index in [0.29, 0.717) is 3.33 Å². The molecule has 2 bridgehead atoms. The Morgan fingerprint density at radius 1 is 1.06 bits per heavy atom. The first-order chi connectivity index (χ1) is 8.37. The summed E-state index contributed by atoms with van der Waals surface area (Å²) in [6, 6.07) is 0. The SMILES string of the molecule is C[C]1=C2B(C3CCCC2CCC3)[C](C)(C)[Sn]1([CH3])[CH3]. The van der Waals surface area contributed by atoms with Crippen molar-refractivity contribution in [2.24, 2.45) is 5.92 Å². The quantitative estimate of drug-likeness (QED) is 0.522. The molecule has 0 aromatic heterocycles. The van der Waals surface area contributed by atoms with Crippen molar-refractivity contribution in [1.82, 2.24) is 0 Å². The first-order valence-electron chi connectivity index (χ1n) is 8.08. The fraction of sp³-hybridized carbons (Fsp3) is 0.875. The van der Waals surface area contributed by atoms with Crippen molar-refractivity contribution in [3.05, 3.63) is 9.06 Å². The molecule has 2 heteroatoms. The Morgan fingerprint density at radius 2 is 1.61 bits per heavy atom. The molecule has 0 atom stereocenters.